The lowest BCUT2D eigenvalue weighted by atomic mass is 9.95. The van der Waals surface area contributed by atoms with Gasteiger partial charge < -0.3 is 5.32 Å². The summed E-state index contributed by atoms with van der Waals surface area (Å²) < 4.78 is 13.8. The normalized spacial score (nSPS) is 16.5. The number of nitrogens with zero attached hydrogens (tertiary/aromatic N) is 1. The van der Waals surface area contributed by atoms with Gasteiger partial charge in [0.05, 0.1) is 0 Å². The number of carbonyl (C=O) groups is 1. The molecule has 1 aliphatic heterocycles. The molecular weight excluding hydrogens is 315 g/mol. The van der Waals surface area contributed by atoms with E-state index in [1.54, 1.807) is 12.1 Å². The monoisotopic (exact) mass is 340 g/mol. The first-order valence-electron chi connectivity index (χ1n) is 8.54. The van der Waals surface area contributed by atoms with Crippen molar-refractivity contribution in [3.05, 3.63) is 34.6 Å². The molecule has 1 aromatic rings. The zero-order valence-electron chi connectivity index (χ0n) is 13.8. The lowest BCUT2D eigenvalue weighted by Crippen LogP contribution is -2.40. The number of halogens is 2. The molecule has 1 saturated heterocycles. The maximum atomic E-state index is 13.8. The lowest BCUT2D eigenvalue weighted by Gasteiger charge is -2.31. The van der Waals surface area contributed by atoms with Gasteiger partial charge in [-0.05, 0) is 44.5 Å². The van der Waals surface area contributed by atoms with Gasteiger partial charge in [0.1, 0.15) is 5.82 Å². The van der Waals surface area contributed by atoms with Crippen LogP contribution in [0.4, 0.5) is 4.39 Å². The Bertz CT molecular complexity index is 516. The number of hydrogen-bond donors (Lipinski definition) is 1. The molecule has 1 aromatic carbocycles. The van der Waals surface area contributed by atoms with E-state index < -0.39 is 0 Å². The molecule has 1 heterocycles. The fourth-order valence-corrected chi connectivity index (χ4v) is 3.13. The van der Waals surface area contributed by atoms with Gasteiger partial charge in [-0.3, -0.25) is 9.69 Å². The Morgan fingerprint density at radius 3 is 2.74 bits per heavy atom. The summed E-state index contributed by atoms with van der Waals surface area (Å²) in [6.07, 6.45) is 5.06. The Balaban J connectivity index is 1.74. The van der Waals surface area contributed by atoms with E-state index in [2.05, 4.69) is 17.1 Å². The maximum Gasteiger partial charge on any atom is 0.223 e. The molecule has 3 nitrogen and oxygen atoms in total. The average molecular weight is 341 g/mol. The molecule has 0 bridgehead atoms. The number of piperidine rings is 1. The zero-order valence-corrected chi connectivity index (χ0v) is 14.5. The molecule has 128 valence electrons. The van der Waals surface area contributed by atoms with Crippen LogP contribution < -0.4 is 5.32 Å². The highest BCUT2D eigenvalue weighted by atomic mass is 35.5. The Kier molecular flexibility index (Phi) is 7.31. The molecule has 1 amide bonds. The van der Waals surface area contributed by atoms with Crippen LogP contribution in [0.25, 0.3) is 0 Å². The Morgan fingerprint density at radius 2 is 2.09 bits per heavy atom. The van der Waals surface area contributed by atoms with Crippen LogP contribution >= 0.6 is 11.6 Å². The van der Waals surface area contributed by atoms with Crippen molar-refractivity contribution in [1.29, 1.82) is 0 Å². The van der Waals surface area contributed by atoms with Crippen LogP contribution in [0.5, 0.6) is 0 Å². The zero-order chi connectivity index (χ0) is 16.7. The molecule has 2 rings (SSSR count). The van der Waals surface area contributed by atoms with Crippen molar-refractivity contribution in [2.24, 2.45) is 5.92 Å². The van der Waals surface area contributed by atoms with Gasteiger partial charge in [0.2, 0.25) is 5.91 Å². The fourth-order valence-electron chi connectivity index (χ4n) is 2.98. The number of carbonyl (C=O) groups excluding carboxylic acids is 1. The maximum absolute atomic E-state index is 13.8. The molecule has 0 aliphatic carbocycles. The van der Waals surface area contributed by atoms with Crippen LogP contribution in [-0.4, -0.2) is 30.4 Å². The second-order valence-corrected chi connectivity index (χ2v) is 6.72. The summed E-state index contributed by atoms with van der Waals surface area (Å²) >= 11 is 5.78. The number of rotatable bonds is 7. The van der Waals surface area contributed by atoms with Crippen LogP contribution in [0.2, 0.25) is 5.02 Å². The molecule has 1 fully saturated rings. The summed E-state index contributed by atoms with van der Waals surface area (Å²) in [4.78, 5) is 14.3. The van der Waals surface area contributed by atoms with Crippen LogP contribution in [0, 0.1) is 11.7 Å². The summed E-state index contributed by atoms with van der Waals surface area (Å²) in [5.41, 5.74) is 0.664. The molecule has 0 atom stereocenters. The topological polar surface area (TPSA) is 32.3 Å². The molecule has 0 radical (unpaired) electrons. The quantitative estimate of drug-likeness (QED) is 0.761. The molecular formula is C18H26ClFN2O. The van der Waals surface area contributed by atoms with Crippen molar-refractivity contribution in [1.82, 2.24) is 10.2 Å². The molecule has 5 heteroatoms. The first-order chi connectivity index (χ1) is 11.1. The second-order valence-electron chi connectivity index (χ2n) is 6.28. The Hall–Kier alpha value is -1.13. The minimum Gasteiger partial charge on any atom is -0.356 e. The van der Waals surface area contributed by atoms with Crippen molar-refractivity contribution in [3.8, 4) is 0 Å². The minimum atomic E-state index is -0.256. The van der Waals surface area contributed by atoms with Crippen molar-refractivity contribution in [2.75, 3.05) is 19.6 Å². The SMILES string of the molecule is CCCCCNC(=O)C1CCN(Cc2ccc(Cl)cc2F)CC1. The third-order valence-electron chi connectivity index (χ3n) is 4.45. The Morgan fingerprint density at radius 1 is 1.35 bits per heavy atom. The largest absolute Gasteiger partial charge is 0.356 e. The van der Waals surface area contributed by atoms with Crippen LogP contribution in [0.1, 0.15) is 44.6 Å². The number of unbranched alkanes of at least 4 members (excludes halogenated alkanes) is 2. The van der Waals surface area contributed by atoms with E-state index in [9.17, 15) is 9.18 Å². The number of hydrogen-bond acceptors (Lipinski definition) is 2. The molecule has 0 saturated carbocycles. The van der Waals surface area contributed by atoms with Crippen LogP contribution in [-0.2, 0) is 11.3 Å². The van der Waals surface area contributed by atoms with E-state index in [0.29, 0.717) is 17.1 Å². The smallest absolute Gasteiger partial charge is 0.223 e. The van der Waals surface area contributed by atoms with Crippen LogP contribution in [0.3, 0.4) is 0 Å². The predicted octanol–water partition coefficient (Wildman–Crippen LogP) is 4.00. The standard InChI is InChI=1S/C18H26ClFN2O/c1-2-3-4-9-21-18(23)14-7-10-22(11-8-14)13-15-5-6-16(19)12-17(15)20/h5-6,12,14H,2-4,7-11,13H2,1H3,(H,21,23). The van der Waals surface area contributed by atoms with Gasteiger partial charge in [0.25, 0.3) is 0 Å². The van der Waals surface area contributed by atoms with Gasteiger partial charge in [-0.15, -0.1) is 0 Å². The summed E-state index contributed by atoms with van der Waals surface area (Å²) in [6.45, 7) is 5.17. The lowest BCUT2D eigenvalue weighted by molar-refractivity contribution is -0.126. The van der Waals surface area contributed by atoms with Crippen LogP contribution in [0.15, 0.2) is 18.2 Å². The average Bonchev–Trinajstić information content (AvgIpc) is 2.55. The molecule has 0 spiro atoms. The van der Waals surface area contributed by atoms with E-state index in [0.717, 1.165) is 51.7 Å². The summed E-state index contributed by atoms with van der Waals surface area (Å²) in [5, 5.41) is 3.46. The third kappa shape index (κ3) is 5.78. The highest BCUT2D eigenvalue weighted by molar-refractivity contribution is 6.30. The molecule has 0 unspecified atom stereocenters. The van der Waals surface area contributed by atoms with Crippen molar-refractivity contribution in [2.45, 2.75) is 45.6 Å². The van der Waals surface area contributed by atoms with Crippen molar-refractivity contribution in [3.63, 3.8) is 0 Å². The van der Waals surface area contributed by atoms with E-state index in [4.69, 9.17) is 11.6 Å². The molecule has 1 N–H and O–H groups in total. The van der Waals surface area contributed by atoms with Gasteiger partial charge in [-0.25, -0.2) is 4.39 Å². The van der Waals surface area contributed by atoms with Crippen molar-refractivity contribution < 1.29 is 9.18 Å². The Labute approximate surface area is 143 Å². The van der Waals surface area contributed by atoms with E-state index in [1.165, 1.54) is 6.07 Å². The van der Waals surface area contributed by atoms with E-state index in [1.807, 2.05) is 0 Å². The van der Waals surface area contributed by atoms with Gasteiger partial charge in [0.15, 0.2) is 0 Å². The van der Waals surface area contributed by atoms with Gasteiger partial charge in [-0.2, -0.15) is 0 Å². The highest BCUT2D eigenvalue weighted by Gasteiger charge is 2.25. The fraction of sp³-hybridized carbons (Fsp3) is 0.611. The third-order valence-corrected chi connectivity index (χ3v) is 4.68. The van der Waals surface area contributed by atoms with Gasteiger partial charge in [-0.1, -0.05) is 37.4 Å². The minimum absolute atomic E-state index is 0.0999. The molecule has 1 aliphatic rings. The van der Waals surface area contributed by atoms with E-state index in [-0.39, 0.29) is 17.6 Å². The van der Waals surface area contributed by atoms with E-state index >= 15 is 0 Å². The second kappa shape index (κ2) is 9.24. The number of likely N-dealkylation sites (tertiary alicyclic amines) is 1. The van der Waals surface area contributed by atoms with Gasteiger partial charge in [0, 0.05) is 29.6 Å². The number of amides is 1. The highest BCUT2D eigenvalue weighted by Crippen LogP contribution is 2.21. The summed E-state index contributed by atoms with van der Waals surface area (Å²) in [5.74, 6) is 0.0228. The van der Waals surface area contributed by atoms with Gasteiger partial charge >= 0.3 is 0 Å². The first kappa shape index (κ1) is 18.2. The van der Waals surface area contributed by atoms with Crippen molar-refractivity contribution >= 4 is 17.5 Å². The first-order valence-corrected chi connectivity index (χ1v) is 8.92. The molecule has 23 heavy (non-hydrogen) atoms. The molecule has 0 aromatic heterocycles. The summed E-state index contributed by atoms with van der Waals surface area (Å²) in [7, 11) is 0. The number of benzene rings is 1. The summed E-state index contributed by atoms with van der Waals surface area (Å²) in [6, 6.07) is 4.81. The number of nitrogens with one attached hydrogen (secondary N) is 1. The predicted molar refractivity (Wildman–Crippen MR) is 91.9 cm³/mol.